The minimum Gasteiger partial charge on any atom is -0.488 e. The van der Waals surface area contributed by atoms with Gasteiger partial charge in [-0.15, -0.1) is 0 Å². The third-order valence-corrected chi connectivity index (χ3v) is 4.23. The molecule has 1 atom stereocenters. The van der Waals surface area contributed by atoms with Gasteiger partial charge < -0.3 is 25.0 Å². The molecule has 2 N–H and O–H groups in total. The monoisotopic (exact) mass is 362 g/mol. The minimum atomic E-state index is 0.150. The molecule has 0 aliphatic carbocycles. The number of hydrogen-bond acceptors (Lipinski definition) is 4. The molecule has 0 aromatic heterocycles. The molecular formula is C20H34N4O2. The molecule has 0 saturated carbocycles. The van der Waals surface area contributed by atoms with Crippen LogP contribution in [0.4, 0.5) is 0 Å². The molecule has 1 aromatic carbocycles. The molecule has 0 radical (unpaired) electrons. The minimum absolute atomic E-state index is 0.150. The fourth-order valence-electron chi connectivity index (χ4n) is 2.80. The summed E-state index contributed by atoms with van der Waals surface area (Å²) < 4.78 is 11.6. The SMILES string of the molecule is CCNC(=NCc1ccc(C)cc1OC1CCOC1)NCCCN(C)C. The zero-order valence-corrected chi connectivity index (χ0v) is 16.7. The summed E-state index contributed by atoms with van der Waals surface area (Å²) in [5.41, 5.74) is 2.30. The fourth-order valence-corrected chi connectivity index (χ4v) is 2.80. The number of benzene rings is 1. The maximum atomic E-state index is 6.16. The molecule has 26 heavy (non-hydrogen) atoms. The van der Waals surface area contributed by atoms with Crippen molar-refractivity contribution in [2.24, 2.45) is 4.99 Å². The smallest absolute Gasteiger partial charge is 0.191 e. The van der Waals surface area contributed by atoms with E-state index in [1.54, 1.807) is 0 Å². The van der Waals surface area contributed by atoms with Gasteiger partial charge in [-0.3, -0.25) is 0 Å². The molecule has 2 rings (SSSR count). The van der Waals surface area contributed by atoms with Crippen molar-refractivity contribution < 1.29 is 9.47 Å². The van der Waals surface area contributed by atoms with E-state index in [-0.39, 0.29) is 6.10 Å². The van der Waals surface area contributed by atoms with E-state index in [0.717, 1.165) is 56.4 Å². The Labute approximate surface area is 158 Å². The standard InChI is InChI=1S/C20H34N4O2/c1-5-21-20(22-10-6-11-24(3)4)23-14-17-8-7-16(2)13-19(17)26-18-9-12-25-15-18/h7-8,13,18H,5-6,9-12,14-15H2,1-4H3,(H2,21,22,23). The van der Waals surface area contributed by atoms with E-state index in [4.69, 9.17) is 14.5 Å². The molecule has 0 amide bonds. The van der Waals surface area contributed by atoms with Gasteiger partial charge in [0.1, 0.15) is 11.9 Å². The van der Waals surface area contributed by atoms with Crippen LogP contribution in [0.1, 0.15) is 30.9 Å². The van der Waals surface area contributed by atoms with E-state index in [1.807, 2.05) is 0 Å². The largest absolute Gasteiger partial charge is 0.488 e. The lowest BCUT2D eigenvalue weighted by Gasteiger charge is -2.16. The first kappa shape index (κ1) is 20.5. The molecule has 1 fully saturated rings. The van der Waals surface area contributed by atoms with E-state index >= 15 is 0 Å². The molecule has 1 heterocycles. The molecular weight excluding hydrogens is 328 g/mol. The number of nitrogens with one attached hydrogen (secondary N) is 2. The van der Waals surface area contributed by atoms with Crippen molar-refractivity contribution >= 4 is 5.96 Å². The van der Waals surface area contributed by atoms with Gasteiger partial charge in [-0.2, -0.15) is 0 Å². The summed E-state index contributed by atoms with van der Waals surface area (Å²) in [6, 6.07) is 6.32. The van der Waals surface area contributed by atoms with Crippen LogP contribution in [0.5, 0.6) is 5.75 Å². The second-order valence-electron chi connectivity index (χ2n) is 6.99. The first-order valence-corrected chi connectivity index (χ1v) is 9.59. The highest BCUT2D eigenvalue weighted by atomic mass is 16.5. The Hall–Kier alpha value is -1.79. The van der Waals surface area contributed by atoms with Gasteiger partial charge in [0, 0.05) is 25.1 Å². The van der Waals surface area contributed by atoms with Crippen LogP contribution in [0.3, 0.4) is 0 Å². The molecule has 1 aromatic rings. The fraction of sp³-hybridized carbons (Fsp3) is 0.650. The van der Waals surface area contributed by atoms with Crippen molar-refractivity contribution in [1.29, 1.82) is 0 Å². The number of rotatable bonds is 9. The van der Waals surface area contributed by atoms with Crippen LogP contribution in [0.25, 0.3) is 0 Å². The molecule has 6 nitrogen and oxygen atoms in total. The van der Waals surface area contributed by atoms with Crippen LogP contribution in [0.15, 0.2) is 23.2 Å². The predicted octanol–water partition coefficient (Wildman–Crippen LogP) is 2.17. The second-order valence-corrected chi connectivity index (χ2v) is 6.99. The molecule has 1 aliphatic heterocycles. The summed E-state index contributed by atoms with van der Waals surface area (Å²) in [6.45, 7) is 9.02. The summed E-state index contributed by atoms with van der Waals surface area (Å²) in [4.78, 5) is 6.92. The lowest BCUT2D eigenvalue weighted by Crippen LogP contribution is -2.38. The Morgan fingerprint density at radius 2 is 2.19 bits per heavy atom. The van der Waals surface area contributed by atoms with Gasteiger partial charge in [0.15, 0.2) is 5.96 Å². The second kappa shape index (κ2) is 11.0. The molecule has 6 heteroatoms. The van der Waals surface area contributed by atoms with Gasteiger partial charge in [0.25, 0.3) is 0 Å². The Balaban J connectivity index is 1.97. The third-order valence-electron chi connectivity index (χ3n) is 4.23. The first-order valence-electron chi connectivity index (χ1n) is 9.59. The average molecular weight is 363 g/mol. The van der Waals surface area contributed by atoms with Crippen LogP contribution in [-0.2, 0) is 11.3 Å². The van der Waals surface area contributed by atoms with Crippen LogP contribution >= 0.6 is 0 Å². The number of aliphatic imine (C=N–C) groups is 1. The quantitative estimate of drug-likeness (QED) is 0.401. The van der Waals surface area contributed by atoms with Crippen molar-refractivity contribution in [3.8, 4) is 5.75 Å². The van der Waals surface area contributed by atoms with E-state index < -0.39 is 0 Å². The van der Waals surface area contributed by atoms with E-state index in [1.165, 1.54) is 5.56 Å². The van der Waals surface area contributed by atoms with E-state index in [2.05, 4.69) is 61.7 Å². The normalized spacial score (nSPS) is 17.6. The summed E-state index contributed by atoms with van der Waals surface area (Å²) >= 11 is 0. The number of ether oxygens (including phenoxy) is 2. The van der Waals surface area contributed by atoms with Crippen molar-refractivity contribution in [1.82, 2.24) is 15.5 Å². The molecule has 1 aliphatic rings. The zero-order chi connectivity index (χ0) is 18.8. The molecule has 0 spiro atoms. The van der Waals surface area contributed by atoms with Gasteiger partial charge in [0.05, 0.1) is 19.8 Å². The van der Waals surface area contributed by atoms with Crippen molar-refractivity contribution in [2.45, 2.75) is 39.3 Å². The molecule has 146 valence electrons. The Kier molecular flexibility index (Phi) is 8.71. The Morgan fingerprint density at radius 1 is 1.35 bits per heavy atom. The lowest BCUT2D eigenvalue weighted by molar-refractivity contribution is 0.140. The predicted molar refractivity (Wildman–Crippen MR) is 107 cm³/mol. The van der Waals surface area contributed by atoms with Crippen LogP contribution in [-0.4, -0.2) is 63.9 Å². The number of hydrogen-bond donors (Lipinski definition) is 2. The summed E-state index contributed by atoms with van der Waals surface area (Å²) in [5.74, 6) is 1.77. The highest BCUT2D eigenvalue weighted by Gasteiger charge is 2.18. The van der Waals surface area contributed by atoms with Crippen LogP contribution < -0.4 is 15.4 Å². The van der Waals surface area contributed by atoms with E-state index in [9.17, 15) is 0 Å². The summed E-state index contributed by atoms with van der Waals surface area (Å²) in [7, 11) is 4.18. The van der Waals surface area contributed by atoms with Crippen LogP contribution in [0.2, 0.25) is 0 Å². The van der Waals surface area contributed by atoms with Gasteiger partial charge in [-0.1, -0.05) is 12.1 Å². The van der Waals surface area contributed by atoms with Gasteiger partial charge in [-0.05, 0) is 52.5 Å². The highest BCUT2D eigenvalue weighted by Crippen LogP contribution is 2.24. The highest BCUT2D eigenvalue weighted by molar-refractivity contribution is 5.79. The lowest BCUT2D eigenvalue weighted by atomic mass is 10.1. The summed E-state index contributed by atoms with van der Waals surface area (Å²) in [5, 5.41) is 6.71. The van der Waals surface area contributed by atoms with Gasteiger partial charge in [-0.25, -0.2) is 4.99 Å². The van der Waals surface area contributed by atoms with Crippen molar-refractivity contribution in [2.75, 3.05) is 46.9 Å². The zero-order valence-electron chi connectivity index (χ0n) is 16.7. The topological polar surface area (TPSA) is 58.1 Å². The summed E-state index contributed by atoms with van der Waals surface area (Å²) in [6.07, 6.45) is 2.18. The first-order chi connectivity index (χ1) is 12.6. The Bertz CT molecular complexity index is 569. The van der Waals surface area contributed by atoms with Gasteiger partial charge >= 0.3 is 0 Å². The number of aryl methyl sites for hydroxylation is 1. The van der Waals surface area contributed by atoms with Crippen LogP contribution in [0, 0.1) is 6.92 Å². The molecule has 1 unspecified atom stereocenters. The van der Waals surface area contributed by atoms with Crippen molar-refractivity contribution in [3.05, 3.63) is 29.3 Å². The molecule has 1 saturated heterocycles. The average Bonchev–Trinajstić information content (AvgIpc) is 3.10. The van der Waals surface area contributed by atoms with Crippen molar-refractivity contribution in [3.63, 3.8) is 0 Å². The van der Waals surface area contributed by atoms with Gasteiger partial charge in [0.2, 0.25) is 0 Å². The molecule has 0 bridgehead atoms. The number of guanidine groups is 1. The maximum Gasteiger partial charge on any atom is 0.191 e. The number of nitrogens with zero attached hydrogens (tertiary/aromatic N) is 2. The maximum absolute atomic E-state index is 6.16. The third kappa shape index (κ3) is 7.22. The van der Waals surface area contributed by atoms with E-state index in [0.29, 0.717) is 13.2 Å². The Morgan fingerprint density at radius 3 is 2.88 bits per heavy atom.